The van der Waals surface area contributed by atoms with Crippen LogP contribution in [0, 0.1) is 0 Å². The van der Waals surface area contributed by atoms with Crippen LogP contribution in [0.25, 0.3) is 22.5 Å². The van der Waals surface area contributed by atoms with Gasteiger partial charge >= 0.3 is 37.4 Å². The van der Waals surface area contributed by atoms with Crippen molar-refractivity contribution >= 4 is 7.82 Å². The molecule has 0 amide bonds. The van der Waals surface area contributed by atoms with Gasteiger partial charge in [0.05, 0.1) is 35.5 Å². The van der Waals surface area contributed by atoms with Crippen LogP contribution in [0.3, 0.4) is 0 Å². The molecule has 0 spiro atoms. The van der Waals surface area contributed by atoms with Gasteiger partial charge in [-0.15, -0.1) is 0 Å². The van der Waals surface area contributed by atoms with E-state index in [4.69, 9.17) is 28.2 Å². The number of aromatic amines is 1. The topological polar surface area (TPSA) is 154 Å². The number of phosphoric acid groups is 1. The number of nitrogens with one attached hydrogen (secondary N) is 1. The molecule has 33 heavy (non-hydrogen) atoms. The Morgan fingerprint density at radius 3 is 1.42 bits per heavy atom. The van der Waals surface area contributed by atoms with Gasteiger partial charge in [-0.25, -0.2) is 4.57 Å². The largest absolute Gasteiger partial charge is 1.00 e. The number of nitrogens with zero attached hydrogens (tertiary/aromatic N) is 2. The van der Waals surface area contributed by atoms with Crippen molar-refractivity contribution in [1.82, 2.24) is 15.4 Å². The van der Waals surface area contributed by atoms with Crippen molar-refractivity contribution in [3.63, 3.8) is 0 Å². The Hall–Kier alpha value is -2.47. The van der Waals surface area contributed by atoms with Crippen molar-refractivity contribution in [2.75, 3.05) is 35.5 Å². The van der Waals surface area contributed by atoms with Gasteiger partial charge in [-0.2, -0.15) is 15.4 Å². The molecular weight excluding hydrogens is 468 g/mol. The van der Waals surface area contributed by atoms with Crippen molar-refractivity contribution in [2.45, 2.75) is 0 Å². The molecule has 3 aromatic rings. The van der Waals surface area contributed by atoms with Gasteiger partial charge in [0.15, 0.2) is 23.0 Å². The van der Waals surface area contributed by atoms with Crippen LogP contribution < -0.4 is 57.8 Å². The van der Waals surface area contributed by atoms with Gasteiger partial charge in [-0.1, -0.05) is 0 Å². The molecule has 0 aliphatic rings. The summed E-state index contributed by atoms with van der Waals surface area (Å²) in [4.78, 5) is 18.6. The first kappa shape index (κ1) is 26.8. The Balaban J connectivity index is 0.00000289. The zero-order chi connectivity index (χ0) is 23.5. The van der Waals surface area contributed by atoms with E-state index in [0.29, 0.717) is 39.8 Å². The summed E-state index contributed by atoms with van der Waals surface area (Å²) in [6, 6.07) is 6.32. The SMILES string of the molecule is COc1cc(-c2n[nH]nc2-c2cc(OC)c(OC)c(OP(=O)(O)O)c2)cc(OC)c1OC.[H-].[Na+]. The van der Waals surface area contributed by atoms with Crippen LogP contribution in [0.15, 0.2) is 24.3 Å². The molecule has 12 nitrogen and oxygen atoms in total. The number of rotatable bonds is 9. The van der Waals surface area contributed by atoms with Crippen molar-refractivity contribution < 1.29 is 73.5 Å². The van der Waals surface area contributed by atoms with E-state index in [1.165, 1.54) is 41.6 Å². The van der Waals surface area contributed by atoms with Crippen LogP contribution in [0.2, 0.25) is 0 Å². The zero-order valence-corrected chi connectivity index (χ0v) is 21.8. The van der Waals surface area contributed by atoms with Gasteiger partial charge in [-0.05, 0) is 24.3 Å². The van der Waals surface area contributed by atoms with Crippen LogP contribution in [0.5, 0.6) is 34.5 Å². The van der Waals surface area contributed by atoms with Crippen LogP contribution in [0.1, 0.15) is 1.43 Å². The summed E-state index contributed by atoms with van der Waals surface area (Å²) < 4.78 is 42.9. The minimum absolute atomic E-state index is 0. The van der Waals surface area contributed by atoms with Gasteiger partial charge in [0.25, 0.3) is 0 Å². The summed E-state index contributed by atoms with van der Waals surface area (Å²) in [5.74, 6) is 1.19. The first-order chi connectivity index (χ1) is 15.3. The number of phosphoric ester groups is 1. The number of benzene rings is 2. The Labute approximate surface area is 213 Å². The Morgan fingerprint density at radius 2 is 1.09 bits per heavy atom. The minimum atomic E-state index is -4.88. The third-order valence-corrected chi connectivity index (χ3v) is 4.86. The zero-order valence-electron chi connectivity index (χ0n) is 19.9. The van der Waals surface area contributed by atoms with Gasteiger partial charge in [0.1, 0.15) is 11.4 Å². The first-order valence-corrected chi connectivity index (χ1v) is 10.5. The van der Waals surface area contributed by atoms with Crippen LogP contribution in [-0.2, 0) is 4.57 Å². The Bertz CT molecular complexity index is 1150. The molecule has 1 aromatic heterocycles. The van der Waals surface area contributed by atoms with Crippen LogP contribution >= 0.6 is 7.82 Å². The average molecular weight is 491 g/mol. The average Bonchev–Trinajstić information content (AvgIpc) is 3.26. The van der Waals surface area contributed by atoms with Gasteiger partial charge in [-0.3, -0.25) is 9.79 Å². The summed E-state index contributed by atoms with van der Waals surface area (Å²) >= 11 is 0. The predicted octanol–water partition coefficient (Wildman–Crippen LogP) is -0.230. The maximum absolute atomic E-state index is 11.5. The maximum Gasteiger partial charge on any atom is 1.00 e. The molecule has 0 aliphatic heterocycles. The number of aromatic nitrogens is 3. The third kappa shape index (κ3) is 5.72. The van der Waals surface area contributed by atoms with E-state index in [2.05, 4.69) is 15.4 Å². The number of methoxy groups -OCH3 is 5. The number of H-pyrrole nitrogens is 1. The molecule has 0 bridgehead atoms. The van der Waals surface area contributed by atoms with Gasteiger partial charge in [0.2, 0.25) is 11.5 Å². The monoisotopic (exact) mass is 491 g/mol. The van der Waals surface area contributed by atoms with E-state index in [-0.39, 0.29) is 48.2 Å². The molecule has 0 saturated carbocycles. The molecule has 0 fully saturated rings. The predicted molar refractivity (Wildman–Crippen MR) is 114 cm³/mol. The molecule has 0 radical (unpaired) electrons. The van der Waals surface area contributed by atoms with Gasteiger partial charge in [0, 0.05) is 11.1 Å². The quantitative estimate of drug-likeness (QED) is 0.269. The molecule has 0 saturated heterocycles. The fourth-order valence-corrected chi connectivity index (χ4v) is 3.51. The molecule has 3 N–H and O–H groups in total. The van der Waals surface area contributed by atoms with Gasteiger partial charge < -0.3 is 29.6 Å². The molecular formula is C19H23N3NaO9P. The summed E-state index contributed by atoms with van der Waals surface area (Å²) in [5, 5.41) is 11.0. The standard InChI is InChI=1S/C19H22N3O9P.Na.H/c1-26-12-6-10(7-13(27-2)18(12)29-4)16-17(21-22-20-16)11-8-14(28-3)19(30-5)15(9-11)31-32(23,24)25;;/h6-9H,1-5H3,(H,20,21,22)(H2,23,24,25);;/q;+1;-1. The fraction of sp³-hybridized carbons (Fsp3) is 0.263. The normalized spacial score (nSPS) is 10.8. The van der Waals surface area contributed by atoms with E-state index in [1.807, 2.05) is 0 Å². The molecule has 14 heteroatoms. The Kier molecular flexibility index (Phi) is 9.01. The summed E-state index contributed by atoms with van der Waals surface area (Å²) in [7, 11) is 2.30. The number of hydrogen-bond donors (Lipinski definition) is 3. The second-order valence-corrected chi connectivity index (χ2v) is 7.39. The Morgan fingerprint density at radius 1 is 0.727 bits per heavy atom. The molecule has 174 valence electrons. The summed E-state index contributed by atoms with van der Waals surface area (Å²) in [5.41, 5.74) is 1.72. The van der Waals surface area contributed by atoms with E-state index in [9.17, 15) is 14.4 Å². The van der Waals surface area contributed by atoms with Crippen molar-refractivity contribution in [1.29, 1.82) is 0 Å². The fourth-order valence-electron chi connectivity index (χ4n) is 3.11. The molecule has 0 atom stereocenters. The van der Waals surface area contributed by atoms with Crippen LogP contribution in [-0.4, -0.2) is 60.7 Å². The smallest absolute Gasteiger partial charge is 1.00 e. The van der Waals surface area contributed by atoms with Crippen molar-refractivity contribution in [3.8, 4) is 57.0 Å². The summed E-state index contributed by atoms with van der Waals surface area (Å²) in [6.07, 6.45) is 0. The van der Waals surface area contributed by atoms with Crippen molar-refractivity contribution in [2.24, 2.45) is 0 Å². The molecule has 3 rings (SSSR count). The minimum Gasteiger partial charge on any atom is -1.00 e. The van der Waals surface area contributed by atoms with Crippen LogP contribution in [0.4, 0.5) is 0 Å². The maximum atomic E-state index is 11.5. The molecule has 0 unspecified atom stereocenters. The van der Waals surface area contributed by atoms with E-state index in [0.717, 1.165) is 0 Å². The molecule has 2 aromatic carbocycles. The second kappa shape index (κ2) is 11.1. The third-order valence-electron chi connectivity index (χ3n) is 4.42. The summed E-state index contributed by atoms with van der Waals surface area (Å²) in [6.45, 7) is 0. The van der Waals surface area contributed by atoms with Crippen molar-refractivity contribution in [3.05, 3.63) is 24.3 Å². The number of ether oxygens (including phenoxy) is 5. The molecule has 1 heterocycles. The number of hydrogen-bond acceptors (Lipinski definition) is 9. The van der Waals surface area contributed by atoms with E-state index >= 15 is 0 Å². The van der Waals surface area contributed by atoms with E-state index < -0.39 is 7.82 Å². The van der Waals surface area contributed by atoms with E-state index in [1.54, 1.807) is 18.2 Å². The molecule has 0 aliphatic carbocycles. The first-order valence-electron chi connectivity index (χ1n) is 8.98. The second-order valence-electron chi connectivity index (χ2n) is 6.23.